The van der Waals surface area contributed by atoms with E-state index in [0.717, 1.165) is 16.7 Å². The van der Waals surface area contributed by atoms with Gasteiger partial charge in [-0.3, -0.25) is 4.79 Å². The Morgan fingerprint density at radius 1 is 1.56 bits per heavy atom. The summed E-state index contributed by atoms with van der Waals surface area (Å²) in [4.78, 5) is 12.8. The lowest BCUT2D eigenvalue weighted by atomic mass is 9.77. The highest BCUT2D eigenvalue weighted by Crippen LogP contribution is 2.29. The van der Waals surface area contributed by atoms with Crippen molar-refractivity contribution in [3.8, 4) is 5.75 Å². The standard InChI is InChI=1S/C12H16BNO4/c1-8(15)6-17-10-5-4-9-7-18-13(16)11(9)12(10)14(2)3/h4-5,16H,6-7H2,1-3H3. The molecule has 2 rings (SSSR count). The molecule has 18 heavy (non-hydrogen) atoms. The van der Waals surface area contributed by atoms with Crippen molar-refractivity contribution in [2.24, 2.45) is 0 Å². The van der Waals surface area contributed by atoms with Gasteiger partial charge in [0.15, 0.2) is 5.78 Å². The monoisotopic (exact) mass is 249 g/mol. The van der Waals surface area contributed by atoms with Gasteiger partial charge in [-0.1, -0.05) is 6.07 Å². The van der Waals surface area contributed by atoms with E-state index in [-0.39, 0.29) is 12.4 Å². The summed E-state index contributed by atoms with van der Waals surface area (Å²) in [5, 5.41) is 9.84. The Kier molecular flexibility index (Phi) is 3.59. The van der Waals surface area contributed by atoms with Crippen molar-refractivity contribution in [3.63, 3.8) is 0 Å². The van der Waals surface area contributed by atoms with Crippen LogP contribution in [0.2, 0.25) is 0 Å². The van der Waals surface area contributed by atoms with Gasteiger partial charge in [0, 0.05) is 19.6 Å². The maximum absolute atomic E-state index is 11.0. The summed E-state index contributed by atoms with van der Waals surface area (Å²) < 4.78 is 10.7. The third kappa shape index (κ3) is 2.35. The molecule has 0 fully saturated rings. The van der Waals surface area contributed by atoms with Crippen LogP contribution < -0.4 is 15.1 Å². The molecule has 96 valence electrons. The fourth-order valence-electron chi connectivity index (χ4n) is 2.04. The van der Waals surface area contributed by atoms with Gasteiger partial charge in [0.05, 0.1) is 12.3 Å². The lowest BCUT2D eigenvalue weighted by Crippen LogP contribution is -2.33. The van der Waals surface area contributed by atoms with Gasteiger partial charge in [0.2, 0.25) is 0 Å². The largest absolute Gasteiger partial charge is 0.494 e. The Morgan fingerprint density at radius 3 is 2.89 bits per heavy atom. The van der Waals surface area contributed by atoms with Gasteiger partial charge in [-0.25, -0.2) is 0 Å². The highest BCUT2D eigenvalue weighted by atomic mass is 16.5. The molecule has 1 N–H and O–H groups in total. The number of benzene rings is 1. The van der Waals surface area contributed by atoms with Gasteiger partial charge >= 0.3 is 7.12 Å². The van der Waals surface area contributed by atoms with Gasteiger partial charge in [-0.15, -0.1) is 0 Å². The maximum Gasteiger partial charge on any atom is 0.494 e. The molecule has 0 unspecified atom stereocenters. The van der Waals surface area contributed by atoms with Crippen LogP contribution in [0.4, 0.5) is 5.69 Å². The molecule has 0 aromatic heterocycles. The molecule has 0 amide bonds. The fraction of sp³-hybridized carbons (Fsp3) is 0.417. The Balaban J connectivity index is 2.41. The Labute approximate surface area is 106 Å². The van der Waals surface area contributed by atoms with Crippen LogP contribution in [0.5, 0.6) is 5.75 Å². The van der Waals surface area contributed by atoms with Gasteiger partial charge in [0.25, 0.3) is 0 Å². The molecule has 1 aromatic carbocycles. The minimum atomic E-state index is -0.932. The highest BCUT2D eigenvalue weighted by molar-refractivity contribution is 6.63. The van der Waals surface area contributed by atoms with Crippen LogP contribution in [-0.4, -0.2) is 38.6 Å². The molecule has 1 aromatic rings. The van der Waals surface area contributed by atoms with E-state index < -0.39 is 7.12 Å². The molecule has 0 aliphatic carbocycles. The zero-order valence-corrected chi connectivity index (χ0v) is 10.8. The molecule has 0 atom stereocenters. The lowest BCUT2D eigenvalue weighted by Gasteiger charge is -2.21. The average molecular weight is 249 g/mol. The minimum Gasteiger partial charge on any atom is -0.484 e. The Morgan fingerprint density at radius 2 is 2.28 bits per heavy atom. The Hall–Kier alpha value is -1.53. The predicted molar refractivity (Wildman–Crippen MR) is 69.3 cm³/mol. The molecule has 1 aliphatic heterocycles. The van der Waals surface area contributed by atoms with Crippen molar-refractivity contribution in [2.75, 3.05) is 25.6 Å². The summed E-state index contributed by atoms with van der Waals surface area (Å²) in [6, 6.07) is 3.66. The number of hydrogen-bond donors (Lipinski definition) is 1. The smallest absolute Gasteiger partial charge is 0.484 e. The summed E-state index contributed by atoms with van der Waals surface area (Å²) in [6.45, 7) is 1.89. The topological polar surface area (TPSA) is 59.0 Å². The zero-order valence-electron chi connectivity index (χ0n) is 10.8. The van der Waals surface area contributed by atoms with E-state index in [1.165, 1.54) is 6.92 Å². The van der Waals surface area contributed by atoms with Crippen molar-refractivity contribution >= 4 is 24.1 Å². The van der Waals surface area contributed by atoms with Crippen molar-refractivity contribution < 1.29 is 19.2 Å². The first-order chi connectivity index (χ1) is 8.50. The van der Waals surface area contributed by atoms with Crippen LogP contribution in [0.15, 0.2) is 12.1 Å². The summed E-state index contributed by atoms with van der Waals surface area (Å²) in [5.41, 5.74) is 2.43. The second kappa shape index (κ2) is 5.00. The molecular formula is C12H16BNO4. The van der Waals surface area contributed by atoms with Crippen molar-refractivity contribution in [2.45, 2.75) is 13.5 Å². The van der Waals surface area contributed by atoms with E-state index in [2.05, 4.69) is 0 Å². The summed E-state index contributed by atoms with van der Waals surface area (Å²) >= 11 is 0. The number of carbonyl (C=O) groups excluding carboxylic acids is 1. The van der Waals surface area contributed by atoms with E-state index in [9.17, 15) is 9.82 Å². The molecule has 0 spiro atoms. The van der Waals surface area contributed by atoms with Crippen LogP contribution in [0, 0.1) is 0 Å². The Bertz CT molecular complexity index is 475. The summed E-state index contributed by atoms with van der Waals surface area (Å²) in [6.07, 6.45) is 0. The molecule has 0 bridgehead atoms. The van der Waals surface area contributed by atoms with Crippen LogP contribution >= 0.6 is 0 Å². The normalized spacial score (nSPS) is 13.4. The summed E-state index contributed by atoms with van der Waals surface area (Å²) in [5.74, 6) is 0.538. The first-order valence-corrected chi connectivity index (χ1v) is 5.75. The number of carbonyl (C=O) groups is 1. The van der Waals surface area contributed by atoms with E-state index >= 15 is 0 Å². The molecule has 1 aliphatic rings. The van der Waals surface area contributed by atoms with Crippen LogP contribution in [-0.2, 0) is 16.1 Å². The molecule has 0 saturated carbocycles. The molecule has 0 radical (unpaired) electrons. The lowest BCUT2D eigenvalue weighted by molar-refractivity contribution is -0.118. The van der Waals surface area contributed by atoms with E-state index in [4.69, 9.17) is 9.39 Å². The van der Waals surface area contributed by atoms with Crippen LogP contribution in [0.3, 0.4) is 0 Å². The zero-order chi connectivity index (χ0) is 13.3. The SMILES string of the molecule is CC(=O)COc1ccc2c(c1N(C)C)B(O)OC2. The number of hydrogen-bond acceptors (Lipinski definition) is 5. The van der Waals surface area contributed by atoms with E-state index in [1.54, 1.807) is 6.07 Å². The van der Waals surface area contributed by atoms with Gasteiger partial charge in [-0.2, -0.15) is 0 Å². The predicted octanol–water partition coefficient (Wildman–Crippen LogP) is -0.0619. The second-order valence-electron chi connectivity index (χ2n) is 4.53. The van der Waals surface area contributed by atoms with Crippen molar-refractivity contribution in [1.82, 2.24) is 0 Å². The third-order valence-corrected chi connectivity index (χ3v) is 2.79. The quantitative estimate of drug-likeness (QED) is 0.757. The molecule has 6 heteroatoms. The van der Waals surface area contributed by atoms with Gasteiger partial charge in [-0.05, 0) is 18.6 Å². The molecule has 0 saturated heterocycles. The second-order valence-corrected chi connectivity index (χ2v) is 4.53. The first-order valence-electron chi connectivity index (χ1n) is 5.75. The van der Waals surface area contributed by atoms with Crippen LogP contribution in [0.1, 0.15) is 12.5 Å². The van der Waals surface area contributed by atoms with Crippen LogP contribution in [0.25, 0.3) is 0 Å². The maximum atomic E-state index is 11.0. The number of nitrogens with zero attached hydrogens (tertiary/aromatic N) is 1. The van der Waals surface area contributed by atoms with Gasteiger partial charge in [0.1, 0.15) is 12.4 Å². The van der Waals surface area contributed by atoms with Crippen molar-refractivity contribution in [3.05, 3.63) is 17.7 Å². The number of anilines is 1. The minimum absolute atomic E-state index is 0.0244. The molecular weight excluding hydrogens is 233 g/mol. The first kappa shape index (κ1) is 12.9. The third-order valence-electron chi connectivity index (χ3n) is 2.79. The number of Topliss-reactive ketones (excluding diaryl/α,β-unsaturated/α-hetero) is 1. The number of ketones is 1. The molecule has 1 heterocycles. The number of rotatable bonds is 4. The van der Waals surface area contributed by atoms with Gasteiger partial charge < -0.3 is 19.3 Å². The average Bonchev–Trinajstić information content (AvgIpc) is 2.67. The fourth-order valence-corrected chi connectivity index (χ4v) is 2.04. The number of ether oxygens (including phenoxy) is 1. The summed E-state index contributed by atoms with van der Waals surface area (Å²) in [7, 11) is 2.79. The van der Waals surface area contributed by atoms with E-state index in [0.29, 0.717) is 12.4 Å². The van der Waals surface area contributed by atoms with Crippen molar-refractivity contribution in [1.29, 1.82) is 0 Å². The molecule has 5 nitrogen and oxygen atoms in total. The highest BCUT2D eigenvalue weighted by Gasteiger charge is 2.32. The number of fused-ring (bicyclic) bond motifs is 1. The van der Waals surface area contributed by atoms with E-state index in [1.807, 2.05) is 25.1 Å².